The van der Waals surface area contributed by atoms with Gasteiger partial charge in [0.2, 0.25) is 0 Å². The fourth-order valence-electron chi connectivity index (χ4n) is 2.76. The summed E-state index contributed by atoms with van der Waals surface area (Å²) in [4.78, 5) is 26.1. The van der Waals surface area contributed by atoms with Crippen LogP contribution >= 0.6 is 0 Å². The van der Waals surface area contributed by atoms with Crippen LogP contribution in [0.25, 0.3) is 0 Å². The topological polar surface area (TPSA) is 86.6 Å². The van der Waals surface area contributed by atoms with E-state index >= 15 is 0 Å². The van der Waals surface area contributed by atoms with Gasteiger partial charge >= 0.3 is 5.97 Å². The third-order valence-electron chi connectivity index (χ3n) is 4.05. The molecule has 0 saturated carbocycles. The summed E-state index contributed by atoms with van der Waals surface area (Å²) in [7, 11) is 1.28. The van der Waals surface area contributed by atoms with E-state index in [0.29, 0.717) is 17.3 Å². The van der Waals surface area contributed by atoms with Crippen LogP contribution < -0.4 is 9.64 Å². The van der Waals surface area contributed by atoms with E-state index in [2.05, 4.69) is 14.9 Å². The lowest BCUT2D eigenvalue weighted by molar-refractivity contribution is -0.145. The Balaban J connectivity index is 1.93. The smallest absolute Gasteiger partial charge is 0.309 e. The summed E-state index contributed by atoms with van der Waals surface area (Å²) in [6, 6.07) is 7.39. The van der Waals surface area contributed by atoms with Gasteiger partial charge < -0.3 is 14.0 Å². The largest absolute Gasteiger partial charge is 0.478 e. The second-order valence-corrected chi connectivity index (χ2v) is 6.03. The van der Waals surface area contributed by atoms with Gasteiger partial charge in [-0.05, 0) is 26.0 Å². The van der Waals surface area contributed by atoms with E-state index in [0.717, 1.165) is 0 Å². The Hall–Kier alpha value is -2.90. The molecule has 3 rings (SSSR count). The van der Waals surface area contributed by atoms with Crippen LogP contribution in [-0.2, 0) is 20.9 Å². The van der Waals surface area contributed by atoms with Gasteiger partial charge in [0.1, 0.15) is 12.1 Å². The van der Waals surface area contributed by atoms with E-state index in [1.54, 1.807) is 23.4 Å². The zero-order valence-corrected chi connectivity index (χ0v) is 14.4. The minimum absolute atomic E-state index is 0.142. The molecule has 2 aromatic rings. The van der Waals surface area contributed by atoms with Gasteiger partial charge in [0.05, 0.1) is 25.8 Å². The van der Waals surface area contributed by atoms with Gasteiger partial charge in [0, 0.05) is 6.04 Å². The number of esters is 1. The molecule has 1 aliphatic rings. The van der Waals surface area contributed by atoms with E-state index in [9.17, 15) is 9.59 Å². The van der Waals surface area contributed by atoms with Crippen molar-refractivity contribution in [2.24, 2.45) is 0 Å². The van der Waals surface area contributed by atoms with Gasteiger partial charge in [-0.3, -0.25) is 14.5 Å². The molecule has 1 aromatic carbocycles. The molecule has 0 radical (unpaired) electrons. The fourth-order valence-corrected chi connectivity index (χ4v) is 2.76. The van der Waals surface area contributed by atoms with Crippen LogP contribution in [0, 0.1) is 0 Å². The van der Waals surface area contributed by atoms with Gasteiger partial charge in [-0.2, -0.15) is 0 Å². The predicted octanol–water partition coefficient (Wildman–Crippen LogP) is 1.72. The van der Waals surface area contributed by atoms with Crippen molar-refractivity contribution >= 4 is 17.6 Å². The molecular formula is C17H20N4O4. The van der Waals surface area contributed by atoms with Gasteiger partial charge in [-0.25, -0.2) is 0 Å². The molecule has 0 bridgehead atoms. The van der Waals surface area contributed by atoms with Crippen molar-refractivity contribution in [3.05, 3.63) is 36.4 Å². The number of para-hydroxylation sites is 2. The van der Waals surface area contributed by atoms with Crippen LogP contribution in [0.1, 0.15) is 32.1 Å². The maximum atomic E-state index is 12.9. The van der Waals surface area contributed by atoms with E-state index in [1.807, 2.05) is 30.5 Å². The molecule has 0 saturated heterocycles. The summed E-state index contributed by atoms with van der Waals surface area (Å²) < 4.78 is 12.3. The zero-order chi connectivity index (χ0) is 18.0. The Morgan fingerprint density at radius 2 is 2.12 bits per heavy atom. The van der Waals surface area contributed by atoms with Crippen molar-refractivity contribution in [1.82, 2.24) is 14.8 Å². The molecule has 2 heterocycles. The van der Waals surface area contributed by atoms with Crippen molar-refractivity contribution in [2.45, 2.75) is 39.0 Å². The Kier molecular flexibility index (Phi) is 4.69. The maximum Gasteiger partial charge on any atom is 0.309 e. The summed E-state index contributed by atoms with van der Waals surface area (Å²) in [5.74, 6) is 0.411. The summed E-state index contributed by atoms with van der Waals surface area (Å²) in [5, 5.41) is 8.07. The Morgan fingerprint density at radius 1 is 1.36 bits per heavy atom. The van der Waals surface area contributed by atoms with E-state index in [4.69, 9.17) is 4.74 Å². The molecule has 8 heteroatoms. The maximum absolute atomic E-state index is 12.9. The minimum atomic E-state index is -0.919. The predicted molar refractivity (Wildman–Crippen MR) is 89.1 cm³/mol. The van der Waals surface area contributed by atoms with Crippen molar-refractivity contribution in [3.63, 3.8) is 0 Å². The minimum Gasteiger partial charge on any atom is -0.478 e. The number of anilines is 1. The first kappa shape index (κ1) is 16.9. The summed E-state index contributed by atoms with van der Waals surface area (Å²) in [5.41, 5.74) is 0.645. The van der Waals surface area contributed by atoms with Crippen LogP contribution in [-0.4, -0.2) is 39.9 Å². The van der Waals surface area contributed by atoms with Crippen LogP contribution in [0.3, 0.4) is 0 Å². The zero-order valence-electron chi connectivity index (χ0n) is 14.4. The molecule has 0 unspecified atom stereocenters. The molecule has 8 nitrogen and oxygen atoms in total. The van der Waals surface area contributed by atoms with Gasteiger partial charge in [0.25, 0.3) is 5.91 Å². The first-order chi connectivity index (χ1) is 12.0. The Bertz CT molecular complexity index is 786. The normalized spacial score (nSPS) is 16.6. The molecular weight excluding hydrogens is 324 g/mol. The van der Waals surface area contributed by atoms with E-state index in [1.165, 1.54) is 7.11 Å². The molecule has 25 heavy (non-hydrogen) atoms. The summed E-state index contributed by atoms with van der Waals surface area (Å²) in [6.45, 7) is 4.28. The monoisotopic (exact) mass is 344 g/mol. The summed E-state index contributed by atoms with van der Waals surface area (Å²) in [6.07, 6.45) is 0.581. The van der Waals surface area contributed by atoms with E-state index < -0.39 is 12.1 Å². The third-order valence-corrected chi connectivity index (χ3v) is 4.05. The number of carbonyl (C=O) groups excluding carboxylic acids is 2. The van der Waals surface area contributed by atoms with Crippen LogP contribution in [0.15, 0.2) is 30.6 Å². The number of amides is 1. The fraction of sp³-hybridized carbons (Fsp3) is 0.412. The average molecular weight is 344 g/mol. The highest BCUT2D eigenvalue weighted by atomic mass is 16.5. The lowest BCUT2D eigenvalue weighted by Crippen LogP contribution is -2.47. The number of hydrogen-bond acceptors (Lipinski definition) is 6. The van der Waals surface area contributed by atoms with Crippen LogP contribution in [0.4, 0.5) is 5.69 Å². The summed E-state index contributed by atoms with van der Waals surface area (Å²) >= 11 is 0. The molecule has 0 fully saturated rings. The molecule has 0 spiro atoms. The van der Waals surface area contributed by atoms with Crippen LogP contribution in [0.5, 0.6) is 5.75 Å². The van der Waals surface area contributed by atoms with E-state index in [-0.39, 0.29) is 24.9 Å². The molecule has 1 aromatic heterocycles. The molecule has 1 atom stereocenters. The Morgan fingerprint density at radius 3 is 2.84 bits per heavy atom. The van der Waals surface area contributed by atoms with Crippen molar-refractivity contribution in [2.75, 3.05) is 12.0 Å². The first-order valence-corrected chi connectivity index (χ1v) is 8.03. The highest BCUT2D eigenvalue weighted by molar-refractivity contribution is 6.01. The second-order valence-electron chi connectivity index (χ2n) is 6.03. The molecule has 0 N–H and O–H groups in total. The lowest BCUT2D eigenvalue weighted by Gasteiger charge is -2.33. The van der Waals surface area contributed by atoms with Gasteiger partial charge in [-0.1, -0.05) is 12.1 Å². The number of rotatable bonds is 5. The number of benzene rings is 1. The van der Waals surface area contributed by atoms with Crippen molar-refractivity contribution in [1.29, 1.82) is 0 Å². The number of ether oxygens (including phenoxy) is 2. The van der Waals surface area contributed by atoms with Crippen molar-refractivity contribution in [3.8, 4) is 5.75 Å². The van der Waals surface area contributed by atoms with Crippen molar-refractivity contribution < 1.29 is 19.1 Å². The second kappa shape index (κ2) is 6.92. The number of methoxy groups -OCH3 is 1. The van der Waals surface area contributed by atoms with Crippen LogP contribution in [0.2, 0.25) is 0 Å². The number of carbonyl (C=O) groups is 2. The Labute approximate surface area is 145 Å². The highest BCUT2D eigenvalue weighted by Gasteiger charge is 2.36. The molecule has 0 aliphatic carbocycles. The highest BCUT2D eigenvalue weighted by Crippen LogP contribution is 2.35. The number of aromatic nitrogens is 3. The van der Waals surface area contributed by atoms with Gasteiger partial charge in [-0.15, -0.1) is 10.2 Å². The number of fused-ring (bicyclic) bond motifs is 1. The average Bonchev–Trinajstić information content (AvgIpc) is 3.07. The molecule has 132 valence electrons. The first-order valence-electron chi connectivity index (χ1n) is 8.03. The number of nitrogens with zero attached hydrogens (tertiary/aromatic N) is 4. The standard InChI is InChI=1S/C17H20N4O4/c1-11(2)21-10-18-19-15(21)9-20-12-6-4-5-7-13(12)25-14(17(20)23)8-16(22)24-3/h4-7,10-11,14H,8-9H2,1-3H3/t14-/m1/s1. The van der Waals surface area contributed by atoms with Gasteiger partial charge in [0.15, 0.2) is 11.9 Å². The lowest BCUT2D eigenvalue weighted by atomic mass is 10.1. The third kappa shape index (κ3) is 3.33. The SMILES string of the molecule is COC(=O)C[C@H]1Oc2ccccc2N(Cc2nncn2C(C)C)C1=O. The number of hydrogen-bond donors (Lipinski definition) is 0. The molecule has 1 aliphatic heterocycles. The molecule has 1 amide bonds. The quantitative estimate of drug-likeness (QED) is 0.768.